The summed E-state index contributed by atoms with van der Waals surface area (Å²) < 4.78 is 0. The molecule has 70 valence electrons. The zero-order chi connectivity index (χ0) is 9.26. The average Bonchev–Trinajstić information content (AvgIpc) is 2.62. The first-order chi connectivity index (χ1) is 6.27. The van der Waals surface area contributed by atoms with Gasteiger partial charge in [-0.05, 0) is 37.1 Å². The summed E-state index contributed by atoms with van der Waals surface area (Å²) in [6.07, 6.45) is 2.37. The molecule has 1 aliphatic rings. The standard InChI is InChI=1S/C10H12ClNO/c11-8-6-7(3-4-10(8)13)9-2-1-5-12-9/h3-4,6,9,12-13H,1-2,5H2/t9-/m1/s1. The third-order valence-corrected chi connectivity index (χ3v) is 2.74. The monoisotopic (exact) mass is 197 g/mol. The highest BCUT2D eigenvalue weighted by Gasteiger charge is 2.16. The largest absolute Gasteiger partial charge is 0.506 e. The fraction of sp³-hybridized carbons (Fsp3) is 0.400. The summed E-state index contributed by atoms with van der Waals surface area (Å²) in [4.78, 5) is 0. The van der Waals surface area contributed by atoms with Gasteiger partial charge in [0.15, 0.2) is 0 Å². The van der Waals surface area contributed by atoms with E-state index < -0.39 is 0 Å². The Kier molecular flexibility index (Phi) is 2.42. The Morgan fingerprint density at radius 1 is 1.46 bits per heavy atom. The summed E-state index contributed by atoms with van der Waals surface area (Å²) in [7, 11) is 0. The molecule has 1 aliphatic heterocycles. The van der Waals surface area contributed by atoms with Gasteiger partial charge < -0.3 is 10.4 Å². The number of phenols is 1. The maximum Gasteiger partial charge on any atom is 0.134 e. The molecule has 3 heteroatoms. The van der Waals surface area contributed by atoms with E-state index in [4.69, 9.17) is 11.6 Å². The van der Waals surface area contributed by atoms with Gasteiger partial charge in [0.2, 0.25) is 0 Å². The highest BCUT2D eigenvalue weighted by atomic mass is 35.5. The molecule has 0 bridgehead atoms. The van der Waals surface area contributed by atoms with E-state index in [0.29, 0.717) is 11.1 Å². The average molecular weight is 198 g/mol. The molecule has 1 aromatic rings. The van der Waals surface area contributed by atoms with Crippen molar-refractivity contribution in [1.29, 1.82) is 0 Å². The molecule has 0 spiro atoms. The fourth-order valence-electron chi connectivity index (χ4n) is 1.71. The Morgan fingerprint density at radius 2 is 2.31 bits per heavy atom. The first-order valence-electron chi connectivity index (χ1n) is 4.49. The molecule has 1 aromatic carbocycles. The van der Waals surface area contributed by atoms with Crippen LogP contribution in [0.25, 0.3) is 0 Å². The molecule has 0 radical (unpaired) electrons. The second-order valence-electron chi connectivity index (χ2n) is 3.36. The van der Waals surface area contributed by atoms with Crippen LogP contribution >= 0.6 is 11.6 Å². The van der Waals surface area contributed by atoms with Crippen molar-refractivity contribution in [2.45, 2.75) is 18.9 Å². The summed E-state index contributed by atoms with van der Waals surface area (Å²) in [5.74, 6) is 0.156. The first kappa shape index (κ1) is 8.85. The highest BCUT2D eigenvalue weighted by Crippen LogP contribution is 2.29. The van der Waals surface area contributed by atoms with E-state index in [1.54, 1.807) is 6.07 Å². The molecule has 1 fully saturated rings. The number of hydrogen-bond acceptors (Lipinski definition) is 2. The van der Waals surface area contributed by atoms with E-state index in [9.17, 15) is 5.11 Å². The second kappa shape index (κ2) is 3.56. The molecule has 2 nitrogen and oxygen atoms in total. The first-order valence-corrected chi connectivity index (χ1v) is 4.87. The predicted octanol–water partition coefficient (Wildman–Crippen LogP) is 2.47. The summed E-state index contributed by atoms with van der Waals surface area (Å²) in [5.41, 5.74) is 1.17. The molecule has 1 saturated heterocycles. The van der Waals surface area contributed by atoms with E-state index in [2.05, 4.69) is 5.32 Å². The number of rotatable bonds is 1. The van der Waals surface area contributed by atoms with Crippen LogP contribution in [0.3, 0.4) is 0 Å². The van der Waals surface area contributed by atoms with Crippen molar-refractivity contribution in [1.82, 2.24) is 5.32 Å². The van der Waals surface area contributed by atoms with Gasteiger partial charge in [-0.1, -0.05) is 17.7 Å². The minimum Gasteiger partial charge on any atom is -0.506 e. The molecular weight excluding hydrogens is 186 g/mol. The fourth-order valence-corrected chi connectivity index (χ4v) is 1.90. The van der Waals surface area contributed by atoms with Crippen molar-refractivity contribution in [2.75, 3.05) is 6.54 Å². The van der Waals surface area contributed by atoms with Crippen LogP contribution in [0.4, 0.5) is 0 Å². The lowest BCUT2D eigenvalue weighted by atomic mass is 10.1. The highest BCUT2D eigenvalue weighted by molar-refractivity contribution is 6.32. The Labute approximate surface area is 82.5 Å². The van der Waals surface area contributed by atoms with Gasteiger partial charge in [-0.3, -0.25) is 0 Å². The Balaban J connectivity index is 2.25. The number of aromatic hydroxyl groups is 1. The molecule has 0 aromatic heterocycles. The molecular formula is C10H12ClNO. The van der Waals surface area contributed by atoms with Gasteiger partial charge in [-0.2, -0.15) is 0 Å². The minimum atomic E-state index is 0.156. The lowest BCUT2D eigenvalue weighted by Crippen LogP contribution is -2.12. The van der Waals surface area contributed by atoms with Gasteiger partial charge in [0.05, 0.1) is 5.02 Å². The third kappa shape index (κ3) is 1.79. The lowest BCUT2D eigenvalue weighted by molar-refractivity contribution is 0.475. The van der Waals surface area contributed by atoms with Crippen molar-refractivity contribution in [3.05, 3.63) is 28.8 Å². The van der Waals surface area contributed by atoms with E-state index in [-0.39, 0.29) is 5.75 Å². The lowest BCUT2D eigenvalue weighted by Gasteiger charge is -2.10. The molecule has 1 heterocycles. The van der Waals surface area contributed by atoms with E-state index >= 15 is 0 Å². The maximum absolute atomic E-state index is 9.23. The molecule has 2 rings (SSSR count). The van der Waals surface area contributed by atoms with Crippen molar-refractivity contribution in [3.8, 4) is 5.75 Å². The van der Waals surface area contributed by atoms with Crippen molar-refractivity contribution >= 4 is 11.6 Å². The topological polar surface area (TPSA) is 32.3 Å². The summed E-state index contributed by atoms with van der Waals surface area (Å²) in [6, 6.07) is 5.82. The van der Waals surface area contributed by atoms with Gasteiger partial charge >= 0.3 is 0 Å². The van der Waals surface area contributed by atoms with Gasteiger partial charge in [-0.25, -0.2) is 0 Å². The van der Waals surface area contributed by atoms with Crippen LogP contribution in [0.2, 0.25) is 5.02 Å². The van der Waals surface area contributed by atoms with Crippen molar-refractivity contribution < 1.29 is 5.11 Å². The van der Waals surface area contributed by atoms with Crippen LogP contribution in [0.15, 0.2) is 18.2 Å². The SMILES string of the molecule is Oc1ccc([C@H]2CCCN2)cc1Cl. The number of phenolic OH excluding ortho intramolecular Hbond substituents is 1. The summed E-state index contributed by atoms with van der Waals surface area (Å²) in [5, 5.41) is 13.0. The van der Waals surface area contributed by atoms with Crippen LogP contribution in [0.5, 0.6) is 5.75 Å². The Bertz CT molecular complexity index is 308. The second-order valence-corrected chi connectivity index (χ2v) is 3.77. The zero-order valence-electron chi connectivity index (χ0n) is 7.26. The molecule has 0 aliphatic carbocycles. The molecule has 0 amide bonds. The van der Waals surface area contributed by atoms with Gasteiger partial charge in [0, 0.05) is 6.04 Å². The quantitative estimate of drug-likeness (QED) is 0.725. The van der Waals surface area contributed by atoms with E-state index in [1.807, 2.05) is 12.1 Å². The van der Waals surface area contributed by atoms with Crippen LogP contribution in [-0.4, -0.2) is 11.7 Å². The number of nitrogens with one attached hydrogen (secondary N) is 1. The van der Waals surface area contributed by atoms with Crippen molar-refractivity contribution in [2.24, 2.45) is 0 Å². The minimum absolute atomic E-state index is 0.156. The smallest absolute Gasteiger partial charge is 0.134 e. The Morgan fingerprint density at radius 3 is 2.92 bits per heavy atom. The molecule has 2 N–H and O–H groups in total. The van der Waals surface area contributed by atoms with Crippen LogP contribution < -0.4 is 5.32 Å². The zero-order valence-corrected chi connectivity index (χ0v) is 8.01. The van der Waals surface area contributed by atoms with E-state index in [0.717, 1.165) is 13.0 Å². The van der Waals surface area contributed by atoms with Gasteiger partial charge in [-0.15, -0.1) is 0 Å². The summed E-state index contributed by atoms with van der Waals surface area (Å²) >= 11 is 5.81. The number of halogens is 1. The normalized spacial score (nSPS) is 22.1. The van der Waals surface area contributed by atoms with Crippen LogP contribution in [0, 0.1) is 0 Å². The number of benzene rings is 1. The van der Waals surface area contributed by atoms with Crippen LogP contribution in [-0.2, 0) is 0 Å². The molecule has 1 atom stereocenters. The predicted molar refractivity (Wildman–Crippen MR) is 53.1 cm³/mol. The van der Waals surface area contributed by atoms with Crippen molar-refractivity contribution in [3.63, 3.8) is 0 Å². The van der Waals surface area contributed by atoms with E-state index in [1.165, 1.54) is 12.0 Å². The Hall–Kier alpha value is -0.730. The third-order valence-electron chi connectivity index (χ3n) is 2.43. The molecule has 13 heavy (non-hydrogen) atoms. The van der Waals surface area contributed by atoms with Crippen LogP contribution in [0.1, 0.15) is 24.4 Å². The van der Waals surface area contributed by atoms with Gasteiger partial charge in [0.1, 0.15) is 5.75 Å². The molecule has 0 unspecified atom stereocenters. The summed E-state index contributed by atoms with van der Waals surface area (Å²) in [6.45, 7) is 1.07. The maximum atomic E-state index is 9.23. The molecule has 0 saturated carbocycles. The number of hydrogen-bond donors (Lipinski definition) is 2. The van der Waals surface area contributed by atoms with Gasteiger partial charge in [0.25, 0.3) is 0 Å².